The molecule has 0 unspecified atom stereocenters. The van der Waals surface area contributed by atoms with Crippen molar-refractivity contribution < 1.29 is 18.3 Å². The van der Waals surface area contributed by atoms with Crippen LogP contribution in [0.5, 0.6) is 0 Å². The molecule has 1 aromatic carbocycles. The third-order valence-electron chi connectivity index (χ3n) is 1.65. The molecule has 0 spiro atoms. The molecule has 0 atom stereocenters. The summed E-state index contributed by atoms with van der Waals surface area (Å²) in [4.78, 5) is 10.9. The number of ether oxygens (including phenoxy) is 1. The van der Waals surface area contributed by atoms with E-state index in [0.717, 1.165) is 19.2 Å². The first-order valence-corrected chi connectivity index (χ1v) is 4.25. The highest BCUT2D eigenvalue weighted by Crippen LogP contribution is 2.17. The van der Waals surface area contributed by atoms with Gasteiger partial charge in [0.15, 0.2) is 0 Å². The first-order chi connectivity index (χ1) is 6.60. The van der Waals surface area contributed by atoms with Gasteiger partial charge in [-0.3, -0.25) is 0 Å². The molecular formula is C9H7ClF2O2. The van der Waals surface area contributed by atoms with E-state index in [1.165, 1.54) is 0 Å². The van der Waals surface area contributed by atoms with E-state index in [4.69, 9.17) is 11.6 Å². The van der Waals surface area contributed by atoms with E-state index in [1.54, 1.807) is 0 Å². The van der Waals surface area contributed by atoms with Crippen LogP contribution in [0.15, 0.2) is 12.1 Å². The van der Waals surface area contributed by atoms with E-state index >= 15 is 0 Å². The zero-order chi connectivity index (χ0) is 10.7. The summed E-state index contributed by atoms with van der Waals surface area (Å²) in [5.41, 5.74) is -0.421. The topological polar surface area (TPSA) is 26.3 Å². The molecule has 0 aromatic heterocycles. The van der Waals surface area contributed by atoms with Crippen LogP contribution in [-0.2, 0) is 10.6 Å². The van der Waals surface area contributed by atoms with Crippen LogP contribution >= 0.6 is 11.6 Å². The molecule has 0 amide bonds. The molecule has 0 saturated heterocycles. The van der Waals surface area contributed by atoms with Crippen molar-refractivity contribution >= 4 is 17.6 Å². The lowest BCUT2D eigenvalue weighted by molar-refractivity contribution is 0.0590. The highest BCUT2D eigenvalue weighted by atomic mass is 35.5. The van der Waals surface area contributed by atoms with Gasteiger partial charge in [0.2, 0.25) is 0 Å². The van der Waals surface area contributed by atoms with Crippen LogP contribution in [0, 0.1) is 11.6 Å². The van der Waals surface area contributed by atoms with Gasteiger partial charge in [-0.05, 0) is 17.7 Å². The molecule has 2 nitrogen and oxygen atoms in total. The van der Waals surface area contributed by atoms with Crippen molar-refractivity contribution in [3.05, 3.63) is 34.9 Å². The molecule has 0 aliphatic heterocycles. The maximum atomic E-state index is 13.1. The number of hydrogen-bond acceptors (Lipinski definition) is 2. The van der Waals surface area contributed by atoms with E-state index in [1.807, 2.05) is 0 Å². The molecule has 0 aliphatic rings. The van der Waals surface area contributed by atoms with E-state index in [2.05, 4.69) is 4.74 Å². The molecule has 0 fully saturated rings. The summed E-state index contributed by atoms with van der Waals surface area (Å²) < 4.78 is 30.5. The summed E-state index contributed by atoms with van der Waals surface area (Å²) >= 11 is 5.39. The summed E-state index contributed by atoms with van der Waals surface area (Å²) in [6.07, 6.45) is 0. The molecule has 1 aromatic rings. The Morgan fingerprint density at radius 1 is 1.43 bits per heavy atom. The predicted octanol–water partition coefficient (Wildman–Crippen LogP) is 2.49. The van der Waals surface area contributed by atoms with Gasteiger partial charge in [-0.1, -0.05) is 0 Å². The summed E-state index contributed by atoms with van der Waals surface area (Å²) in [5, 5.41) is 0. The Hall–Kier alpha value is -1.16. The standard InChI is InChI=1S/C9H7ClF2O2/c1-14-9(13)8-6(11)2-5(4-10)3-7(8)12/h2-3H,4H2,1H3. The van der Waals surface area contributed by atoms with E-state index in [-0.39, 0.29) is 11.4 Å². The molecule has 1 rings (SSSR count). The quantitative estimate of drug-likeness (QED) is 0.565. The maximum absolute atomic E-state index is 13.1. The second-order valence-electron chi connectivity index (χ2n) is 2.56. The molecule has 14 heavy (non-hydrogen) atoms. The fraction of sp³-hybridized carbons (Fsp3) is 0.222. The Labute approximate surface area is 84.4 Å². The second kappa shape index (κ2) is 4.37. The van der Waals surface area contributed by atoms with Gasteiger partial charge in [0.1, 0.15) is 17.2 Å². The Kier molecular flexibility index (Phi) is 3.41. The van der Waals surface area contributed by atoms with Gasteiger partial charge < -0.3 is 4.74 Å². The molecule has 0 radical (unpaired) electrons. The summed E-state index contributed by atoms with van der Waals surface area (Å²) in [6.45, 7) is 0. The van der Waals surface area contributed by atoms with Gasteiger partial charge in [0.25, 0.3) is 0 Å². The fourth-order valence-electron chi connectivity index (χ4n) is 1.000. The van der Waals surface area contributed by atoms with Crippen LogP contribution in [-0.4, -0.2) is 13.1 Å². The molecular weight excluding hydrogens is 214 g/mol. The predicted molar refractivity (Wildman–Crippen MR) is 47.3 cm³/mol. The van der Waals surface area contributed by atoms with Gasteiger partial charge in [-0.15, -0.1) is 11.6 Å². The number of carbonyl (C=O) groups is 1. The van der Waals surface area contributed by atoms with Crippen molar-refractivity contribution in [2.75, 3.05) is 7.11 Å². The van der Waals surface area contributed by atoms with Crippen molar-refractivity contribution in [1.29, 1.82) is 0 Å². The van der Waals surface area contributed by atoms with Crippen molar-refractivity contribution in [3.63, 3.8) is 0 Å². The average molecular weight is 221 g/mol. The molecule has 5 heteroatoms. The van der Waals surface area contributed by atoms with Crippen LogP contribution in [0.25, 0.3) is 0 Å². The summed E-state index contributed by atoms with van der Waals surface area (Å²) in [5.74, 6) is -2.99. The van der Waals surface area contributed by atoms with Crippen LogP contribution in [0.4, 0.5) is 8.78 Å². The first kappa shape index (κ1) is 10.9. The Morgan fingerprint density at radius 3 is 2.29 bits per heavy atom. The largest absolute Gasteiger partial charge is 0.465 e. The normalized spacial score (nSPS) is 10.0. The van der Waals surface area contributed by atoms with Crippen molar-refractivity contribution in [2.24, 2.45) is 0 Å². The lowest BCUT2D eigenvalue weighted by Gasteiger charge is -2.04. The van der Waals surface area contributed by atoms with Crippen molar-refractivity contribution in [3.8, 4) is 0 Å². The van der Waals surface area contributed by atoms with Gasteiger partial charge in [0, 0.05) is 5.88 Å². The minimum atomic E-state index is -1.04. The number of benzene rings is 1. The minimum Gasteiger partial charge on any atom is -0.465 e. The number of alkyl halides is 1. The van der Waals surface area contributed by atoms with E-state index in [9.17, 15) is 13.6 Å². The first-order valence-electron chi connectivity index (χ1n) is 3.72. The number of hydrogen-bond donors (Lipinski definition) is 0. The van der Waals surface area contributed by atoms with Gasteiger partial charge in [-0.25, -0.2) is 13.6 Å². The van der Waals surface area contributed by atoms with Crippen LogP contribution in [0.1, 0.15) is 15.9 Å². The zero-order valence-corrected chi connectivity index (χ0v) is 8.07. The number of halogens is 3. The van der Waals surface area contributed by atoms with Gasteiger partial charge in [-0.2, -0.15) is 0 Å². The Morgan fingerprint density at radius 2 is 1.93 bits per heavy atom. The third-order valence-corrected chi connectivity index (χ3v) is 1.95. The average Bonchev–Trinajstić information content (AvgIpc) is 2.16. The lowest BCUT2D eigenvalue weighted by atomic mass is 10.1. The molecule has 0 heterocycles. The third kappa shape index (κ3) is 2.01. The van der Waals surface area contributed by atoms with Crippen LogP contribution < -0.4 is 0 Å². The molecule has 0 saturated carbocycles. The van der Waals surface area contributed by atoms with Crippen molar-refractivity contribution in [2.45, 2.75) is 5.88 Å². The van der Waals surface area contributed by atoms with Crippen LogP contribution in [0.3, 0.4) is 0 Å². The van der Waals surface area contributed by atoms with Crippen LogP contribution in [0.2, 0.25) is 0 Å². The number of methoxy groups -OCH3 is 1. The molecule has 76 valence electrons. The number of esters is 1. The molecule has 0 N–H and O–H groups in total. The summed E-state index contributed by atoms with van der Waals surface area (Å²) in [7, 11) is 1.05. The monoisotopic (exact) mass is 220 g/mol. The number of rotatable bonds is 2. The fourth-order valence-corrected chi connectivity index (χ4v) is 1.15. The SMILES string of the molecule is COC(=O)c1c(F)cc(CCl)cc1F. The molecule has 0 bridgehead atoms. The lowest BCUT2D eigenvalue weighted by Crippen LogP contribution is -2.08. The molecule has 0 aliphatic carbocycles. The smallest absolute Gasteiger partial charge is 0.343 e. The summed E-state index contributed by atoms with van der Waals surface area (Å²) in [6, 6.07) is 2.00. The Balaban J connectivity index is 3.25. The zero-order valence-electron chi connectivity index (χ0n) is 7.31. The maximum Gasteiger partial charge on any atom is 0.343 e. The van der Waals surface area contributed by atoms with E-state index < -0.39 is 23.2 Å². The highest BCUT2D eigenvalue weighted by Gasteiger charge is 2.18. The highest BCUT2D eigenvalue weighted by molar-refractivity contribution is 6.17. The van der Waals surface area contributed by atoms with E-state index in [0.29, 0.717) is 0 Å². The number of carbonyl (C=O) groups excluding carboxylic acids is 1. The van der Waals surface area contributed by atoms with Gasteiger partial charge >= 0.3 is 5.97 Å². The Bertz CT molecular complexity index is 343. The van der Waals surface area contributed by atoms with Crippen molar-refractivity contribution in [1.82, 2.24) is 0 Å². The second-order valence-corrected chi connectivity index (χ2v) is 2.83. The minimum absolute atomic E-state index is 0.0186. The van der Waals surface area contributed by atoms with Gasteiger partial charge in [0.05, 0.1) is 7.11 Å².